The zero-order valence-electron chi connectivity index (χ0n) is 11.4. The van der Waals surface area contributed by atoms with Crippen LogP contribution in [0.2, 0.25) is 0 Å². The number of carbonyl (C=O) groups excluding carboxylic acids is 1. The van der Waals surface area contributed by atoms with Crippen LogP contribution in [0.25, 0.3) is 0 Å². The molecule has 0 aliphatic rings. The van der Waals surface area contributed by atoms with Gasteiger partial charge in [-0.05, 0) is 43.4 Å². The summed E-state index contributed by atoms with van der Waals surface area (Å²) in [5.41, 5.74) is 1.29. The van der Waals surface area contributed by atoms with E-state index < -0.39 is 0 Å². The number of benzene rings is 1. The van der Waals surface area contributed by atoms with Crippen LogP contribution in [0.5, 0.6) is 5.75 Å². The summed E-state index contributed by atoms with van der Waals surface area (Å²) in [5, 5.41) is 2.93. The lowest BCUT2D eigenvalue weighted by atomic mass is 10.1. The molecule has 1 aromatic rings. The molecule has 0 aliphatic heterocycles. The second-order valence-electron chi connectivity index (χ2n) is 4.41. The van der Waals surface area contributed by atoms with Crippen molar-refractivity contribution in [3.05, 3.63) is 29.8 Å². The van der Waals surface area contributed by atoms with Gasteiger partial charge in [0.25, 0.3) is 0 Å². The van der Waals surface area contributed by atoms with Crippen LogP contribution in [0, 0.1) is 0 Å². The van der Waals surface area contributed by atoms with Crippen molar-refractivity contribution in [2.75, 3.05) is 13.7 Å². The number of carbonyl (C=O) groups is 1. The first-order valence-electron chi connectivity index (χ1n) is 6.66. The summed E-state index contributed by atoms with van der Waals surface area (Å²) in [6.07, 6.45) is 4.68. The smallest absolute Gasteiger partial charge is 0.219 e. The maximum absolute atomic E-state index is 11.2. The number of aryl methyl sites for hydroxylation is 1. The Morgan fingerprint density at radius 2 is 2.17 bits per heavy atom. The molecule has 1 amide bonds. The largest absolute Gasteiger partial charge is 0.497 e. The number of methoxy groups -OCH3 is 1. The summed E-state index contributed by atoms with van der Waals surface area (Å²) < 4.78 is 5.18. The molecular formula is C15H23NO2. The fourth-order valence-electron chi connectivity index (χ4n) is 1.83. The molecule has 0 unspecified atom stereocenters. The van der Waals surface area contributed by atoms with Gasteiger partial charge >= 0.3 is 0 Å². The SMILES string of the molecule is CCCC(=O)NCCCCc1cccc(OC)c1. The van der Waals surface area contributed by atoms with Crippen molar-refractivity contribution in [3.63, 3.8) is 0 Å². The molecule has 0 saturated heterocycles. The van der Waals surface area contributed by atoms with Gasteiger partial charge in [-0.1, -0.05) is 19.1 Å². The second kappa shape index (κ2) is 8.56. The lowest BCUT2D eigenvalue weighted by molar-refractivity contribution is -0.121. The highest BCUT2D eigenvalue weighted by molar-refractivity contribution is 5.75. The van der Waals surface area contributed by atoms with Crippen LogP contribution in [0.4, 0.5) is 0 Å². The topological polar surface area (TPSA) is 38.3 Å². The van der Waals surface area contributed by atoms with Gasteiger partial charge in [0.05, 0.1) is 7.11 Å². The van der Waals surface area contributed by atoms with Crippen LogP contribution in [-0.4, -0.2) is 19.6 Å². The van der Waals surface area contributed by atoms with Crippen LogP contribution in [0.3, 0.4) is 0 Å². The maximum atomic E-state index is 11.2. The quantitative estimate of drug-likeness (QED) is 0.719. The van der Waals surface area contributed by atoms with Crippen molar-refractivity contribution in [2.24, 2.45) is 0 Å². The zero-order chi connectivity index (χ0) is 13.2. The van der Waals surface area contributed by atoms with Gasteiger partial charge in [0, 0.05) is 13.0 Å². The Balaban J connectivity index is 2.15. The van der Waals surface area contributed by atoms with Crippen molar-refractivity contribution in [2.45, 2.75) is 39.0 Å². The number of hydrogen-bond donors (Lipinski definition) is 1. The highest BCUT2D eigenvalue weighted by Crippen LogP contribution is 2.14. The molecule has 0 fully saturated rings. The Morgan fingerprint density at radius 1 is 1.33 bits per heavy atom. The first-order valence-corrected chi connectivity index (χ1v) is 6.66. The van der Waals surface area contributed by atoms with Gasteiger partial charge in [-0.2, -0.15) is 0 Å². The minimum Gasteiger partial charge on any atom is -0.497 e. The molecule has 1 rings (SSSR count). The summed E-state index contributed by atoms with van der Waals surface area (Å²) in [6.45, 7) is 2.80. The summed E-state index contributed by atoms with van der Waals surface area (Å²) in [4.78, 5) is 11.2. The zero-order valence-corrected chi connectivity index (χ0v) is 11.4. The molecule has 0 aliphatic carbocycles. The number of ether oxygens (including phenoxy) is 1. The predicted molar refractivity (Wildman–Crippen MR) is 73.8 cm³/mol. The molecule has 0 spiro atoms. The van der Waals surface area contributed by atoms with E-state index in [1.165, 1.54) is 5.56 Å². The number of rotatable bonds is 8. The maximum Gasteiger partial charge on any atom is 0.219 e. The van der Waals surface area contributed by atoms with E-state index in [4.69, 9.17) is 4.74 Å². The van der Waals surface area contributed by atoms with Crippen molar-refractivity contribution in [1.29, 1.82) is 0 Å². The third kappa shape index (κ3) is 5.71. The minimum atomic E-state index is 0.166. The van der Waals surface area contributed by atoms with Gasteiger partial charge in [0.1, 0.15) is 5.75 Å². The molecule has 0 atom stereocenters. The van der Waals surface area contributed by atoms with Crippen molar-refractivity contribution >= 4 is 5.91 Å². The molecule has 3 nitrogen and oxygen atoms in total. The first kappa shape index (κ1) is 14.6. The van der Waals surface area contributed by atoms with E-state index >= 15 is 0 Å². The van der Waals surface area contributed by atoms with Crippen molar-refractivity contribution in [3.8, 4) is 5.75 Å². The van der Waals surface area contributed by atoms with E-state index in [0.29, 0.717) is 6.42 Å². The number of unbranched alkanes of at least 4 members (excludes halogenated alkanes) is 1. The molecule has 1 N–H and O–H groups in total. The van der Waals surface area contributed by atoms with Gasteiger partial charge < -0.3 is 10.1 Å². The normalized spacial score (nSPS) is 10.1. The van der Waals surface area contributed by atoms with E-state index in [2.05, 4.69) is 17.4 Å². The Bertz CT molecular complexity index is 363. The molecule has 0 heterocycles. The summed E-state index contributed by atoms with van der Waals surface area (Å²) in [7, 11) is 1.68. The number of hydrogen-bond acceptors (Lipinski definition) is 2. The van der Waals surface area contributed by atoms with Gasteiger partial charge in [-0.3, -0.25) is 4.79 Å². The van der Waals surface area contributed by atoms with Gasteiger partial charge in [-0.25, -0.2) is 0 Å². The summed E-state index contributed by atoms with van der Waals surface area (Å²) in [6, 6.07) is 8.14. The Morgan fingerprint density at radius 3 is 2.89 bits per heavy atom. The van der Waals surface area contributed by atoms with E-state index in [0.717, 1.165) is 38.0 Å². The van der Waals surface area contributed by atoms with Gasteiger partial charge in [0.15, 0.2) is 0 Å². The summed E-state index contributed by atoms with van der Waals surface area (Å²) in [5.74, 6) is 1.07. The predicted octanol–water partition coefficient (Wildman–Crippen LogP) is 2.93. The third-order valence-electron chi connectivity index (χ3n) is 2.83. The Kier molecular flexibility index (Phi) is 6.92. The average Bonchev–Trinajstić information content (AvgIpc) is 2.39. The van der Waals surface area contributed by atoms with Gasteiger partial charge in [-0.15, -0.1) is 0 Å². The standard InChI is InChI=1S/C15H23NO2/c1-3-7-15(17)16-11-5-4-8-13-9-6-10-14(12-13)18-2/h6,9-10,12H,3-5,7-8,11H2,1-2H3,(H,16,17). The minimum absolute atomic E-state index is 0.166. The first-order chi connectivity index (χ1) is 8.76. The lowest BCUT2D eigenvalue weighted by Crippen LogP contribution is -2.23. The molecule has 0 bridgehead atoms. The van der Waals surface area contributed by atoms with Crippen molar-refractivity contribution in [1.82, 2.24) is 5.32 Å². The van der Waals surface area contributed by atoms with E-state index in [9.17, 15) is 4.79 Å². The fraction of sp³-hybridized carbons (Fsp3) is 0.533. The molecule has 0 aromatic heterocycles. The molecule has 3 heteroatoms. The monoisotopic (exact) mass is 249 g/mol. The molecular weight excluding hydrogens is 226 g/mol. The third-order valence-corrected chi connectivity index (χ3v) is 2.83. The van der Waals surface area contributed by atoms with Crippen molar-refractivity contribution < 1.29 is 9.53 Å². The number of amides is 1. The van der Waals surface area contributed by atoms with E-state index in [1.807, 2.05) is 19.1 Å². The average molecular weight is 249 g/mol. The molecule has 0 saturated carbocycles. The van der Waals surface area contributed by atoms with E-state index in [1.54, 1.807) is 7.11 Å². The molecule has 18 heavy (non-hydrogen) atoms. The summed E-state index contributed by atoms with van der Waals surface area (Å²) >= 11 is 0. The fourth-order valence-corrected chi connectivity index (χ4v) is 1.83. The van der Waals surface area contributed by atoms with Gasteiger partial charge in [0.2, 0.25) is 5.91 Å². The Labute approximate surface area is 110 Å². The molecule has 1 aromatic carbocycles. The highest BCUT2D eigenvalue weighted by Gasteiger charge is 1.99. The van der Waals surface area contributed by atoms with Crippen LogP contribution in [0.15, 0.2) is 24.3 Å². The second-order valence-corrected chi connectivity index (χ2v) is 4.41. The van der Waals surface area contributed by atoms with E-state index in [-0.39, 0.29) is 5.91 Å². The van der Waals surface area contributed by atoms with Crippen LogP contribution in [-0.2, 0) is 11.2 Å². The van der Waals surface area contributed by atoms with Crippen LogP contribution in [0.1, 0.15) is 38.2 Å². The van der Waals surface area contributed by atoms with Crippen LogP contribution < -0.4 is 10.1 Å². The molecule has 0 radical (unpaired) electrons. The molecule has 100 valence electrons. The van der Waals surface area contributed by atoms with Crippen LogP contribution >= 0.6 is 0 Å². The Hall–Kier alpha value is -1.51. The number of nitrogens with one attached hydrogen (secondary N) is 1. The lowest BCUT2D eigenvalue weighted by Gasteiger charge is -2.06. The highest BCUT2D eigenvalue weighted by atomic mass is 16.5.